The Morgan fingerprint density at radius 1 is 0.377 bits per heavy atom. The fourth-order valence-electron chi connectivity index (χ4n) is 11.7. The van der Waals surface area contributed by atoms with E-state index in [0.717, 1.165) is 5.69 Å². The van der Waals surface area contributed by atoms with Gasteiger partial charge < -0.3 is 4.90 Å². The van der Waals surface area contributed by atoms with Crippen molar-refractivity contribution in [1.82, 2.24) is 0 Å². The molecule has 1 nitrogen and oxygen atoms in total. The predicted octanol–water partition coefficient (Wildman–Crippen LogP) is 16.5. The summed E-state index contributed by atoms with van der Waals surface area (Å²) in [6.45, 7) is 4.77. The second-order valence-electron chi connectivity index (χ2n) is 17.9. The number of anilines is 3. The zero-order valence-electron chi connectivity index (χ0n) is 34.8. The van der Waals surface area contributed by atoms with Crippen LogP contribution in [-0.4, -0.2) is 0 Å². The van der Waals surface area contributed by atoms with Crippen LogP contribution in [0.1, 0.15) is 61.8 Å². The van der Waals surface area contributed by atoms with Gasteiger partial charge in [-0.15, -0.1) is 0 Å². The average Bonchev–Trinajstić information content (AvgIpc) is 3.99. The summed E-state index contributed by atoms with van der Waals surface area (Å²) < 4.78 is 0. The molecule has 0 heterocycles. The maximum absolute atomic E-state index is 2.55. The van der Waals surface area contributed by atoms with Crippen LogP contribution in [0.5, 0.6) is 0 Å². The molecule has 61 heavy (non-hydrogen) atoms. The lowest BCUT2D eigenvalue weighted by Crippen LogP contribution is -2.21. The molecule has 292 valence electrons. The van der Waals surface area contributed by atoms with Gasteiger partial charge >= 0.3 is 0 Å². The van der Waals surface area contributed by atoms with Crippen LogP contribution in [-0.2, 0) is 10.8 Å². The van der Waals surface area contributed by atoms with E-state index < -0.39 is 0 Å². The van der Waals surface area contributed by atoms with Gasteiger partial charge in [0, 0.05) is 33.2 Å². The largest absolute Gasteiger partial charge is 0.309 e. The maximum atomic E-state index is 2.55. The highest BCUT2D eigenvalue weighted by atomic mass is 15.1. The number of hydrogen-bond donors (Lipinski definition) is 0. The molecule has 1 saturated carbocycles. The molecule has 12 rings (SSSR count). The highest BCUT2D eigenvalue weighted by molar-refractivity contribution is 6.06. The first-order chi connectivity index (χ1) is 30.0. The van der Waals surface area contributed by atoms with E-state index in [1.54, 1.807) is 0 Å². The Balaban J connectivity index is 1.05. The van der Waals surface area contributed by atoms with Crippen LogP contribution in [0.3, 0.4) is 0 Å². The van der Waals surface area contributed by atoms with Crippen molar-refractivity contribution in [3.8, 4) is 55.6 Å². The number of fused-ring (bicyclic) bond motifs is 9. The van der Waals surface area contributed by atoms with Gasteiger partial charge in [-0.25, -0.2) is 0 Å². The fourth-order valence-corrected chi connectivity index (χ4v) is 11.7. The van der Waals surface area contributed by atoms with Crippen LogP contribution in [0.4, 0.5) is 17.1 Å². The van der Waals surface area contributed by atoms with E-state index in [2.05, 4.69) is 219 Å². The Kier molecular flexibility index (Phi) is 8.13. The van der Waals surface area contributed by atoms with Crippen molar-refractivity contribution < 1.29 is 0 Å². The molecular weight excluding hydrogens is 735 g/mol. The van der Waals surface area contributed by atoms with Gasteiger partial charge in [0.25, 0.3) is 0 Å². The minimum atomic E-state index is -0.108. The second-order valence-corrected chi connectivity index (χ2v) is 17.9. The molecule has 1 spiro atoms. The van der Waals surface area contributed by atoms with E-state index in [1.807, 2.05) is 0 Å². The molecule has 1 heteroatoms. The zero-order chi connectivity index (χ0) is 40.7. The monoisotopic (exact) mass is 781 g/mol. The van der Waals surface area contributed by atoms with Crippen molar-refractivity contribution in [1.29, 1.82) is 0 Å². The minimum absolute atomic E-state index is 0.0652. The normalized spacial score (nSPS) is 15.0. The summed E-state index contributed by atoms with van der Waals surface area (Å²) in [5.74, 6) is 0. The van der Waals surface area contributed by atoms with E-state index >= 15 is 0 Å². The third kappa shape index (κ3) is 5.39. The van der Waals surface area contributed by atoms with E-state index in [1.165, 1.54) is 126 Å². The lowest BCUT2D eigenvalue weighted by atomic mass is 9.76. The van der Waals surface area contributed by atoms with Gasteiger partial charge in [-0.2, -0.15) is 0 Å². The van der Waals surface area contributed by atoms with Gasteiger partial charge in [-0.1, -0.05) is 203 Å². The first-order valence-electron chi connectivity index (χ1n) is 22.1. The van der Waals surface area contributed by atoms with Crippen molar-refractivity contribution in [2.24, 2.45) is 0 Å². The lowest BCUT2D eigenvalue weighted by Gasteiger charge is -2.32. The first kappa shape index (κ1) is 35.9. The van der Waals surface area contributed by atoms with Gasteiger partial charge in [0.15, 0.2) is 0 Å². The van der Waals surface area contributed by atoms with Crippen molar-refractivity contribution in [3.05, 3.63) is 222 Å². The van der Waals surface area contributed by atoms with Crippen LogP contribution in [0.15, 0.2) is 200 Å². The second kappa shape index (κ2) is 13.8. The molecule has 0 aromatic heterocycles. The van der Waals surface area contributed by atoms with Gasteiger partial charge in [0.2, 0.25) is 0 Å². The summed E-state index contributed by atoms with van der Waals surface area (Å²) in [5, 5.41) is 2.47. The summed E-state index contributed by atoms with van der Waals surface area (Å²) in [5.41, 5.74) is 22.3. The van der Waals surface area contributed by atoms with Gasteiger partial charge in [0.1, 0.15) is 0 Å². The maximum Gasteiger partial charge on any atom is 0.0618 e. The molecule has 0 N–H and O–H groups in total. The topological polar surface area (TPSA) is 3.24 Å². The number of nitrogens with zero attached hydrogens (tertiary/aromatic N) is 1. The van der Waals surface area contributed by atoms with Crippen LogP contribution >= 0.6 is 0 Å². The quantitative estimate of drug-likeness (QED) is 0.162. The molecule has 9 aromatic carbocycles. The van der Waals surface area contributed by atoms with Crippen LogP contribution in [0.2, 0.25) is 0 Å². The van der Waals surface area contributed by atoms with Crippen molar-refractivity contribution >= 4 is 27.8 Å². The van der Waals surface area contributed by atoms with Crippen molar-refractivity contribution in [2.45, 2.75) is 50.4 Å². The smallest absolute Gasteiger partial charge is 0.0618 e. The van der Waals surface area contributed by atoms with Gasteiger partial charge in [-0.05, 0) is 115 Å². The van der Waals surface area contributed by atoms with Gasteiger partial charge in [-0.3, -0.25) is 0 Å². The molecule has 0 aliphatic heterocycles. The summed E-state index contributed by atoms with van der Waals surface area (Å²) in [6, 6.07) is 75.2. The Morgan fingerprint density at radius 3 is 1.69 bits per heavy atom. The van der Waals surface area contributed by atoms with Crippen LogP contribution < -0.4 is 4.90 Å². The Bertz CT molecular complexity index is 3160. The molecule has 0 bridgehead atoms. The number of benzene rings is 9. The summed E-state index contributed by atoms with van der Waals surface area (Å²) in [7, 11) is 0. The van der Waals surface area contributed by atoms with E-state index in [4.69, 9.17) is 0 Å². The van der Waals surface area contributed by atoms with E-state index in [9.17, 15) is 0 Å². The SMILES string of the molecule is CC1(C)c2ccccc2-c2cccc(-c3ccccc3-c3ccc(N(c4ccc5c(c4)C4(CCCC4)c4ccccc4-5)c4c(-c5ccccc5)ccc5ccccc45)cc3)c21. The Hall–Kier alpha value is -6.96. The Labute approximate surface area is 359 Å². The van der Waals surface area contributed by atoms with E-state index in [-0.39, 0.29) is 10.8 Å². The lowest BCUT2D eigenvalue weighted by molar-refractivity contribution is 0.550. The fraction of sp³-hybridized carbons (Fsp3) is 0.133. The molecule has 3 aliphatic rings. The first-order valence-corrected chi connectivity index (χ1v) is 22.1. The molecule has 0 atom stereocenters. The zero-order valence-corrected chi connectivity index (χ0v) is 34.8. The number of hydrogen-bond acceptors (Lipinski definition) is 1. The average molecular weight is 782 g/mol. The van der Waals surface area contributed by atoms with Crippen LogP contribution in [0, 0.1) is 0 Å². The summed E-state index contributed by atoms with van der Waals surface area (Å²) in [6.07, 6.45) is 4.93. The third-order valence-corrected chi connectivity index (χ3v) is 14.4. The highest BCUT2D eigenvalue weighted by Gasteiger charge is 2.45. The third-order valence-electron chi connectivity index (χ3n) is 14.4. The number of rotatable bonds is 6. The molecule has 0 saturated heterocycles. The highest BCUT2D eigenvalue weighted by Crippen LogP contribution is 2.59. The van der Waals surface area contributed by atoms with Crippen LogP contribution in [0.25, 0.3) is 66.4 Å². The van der Waals surface area contributed by atoms with Crippen molar-refractivity contribution in [3.63, 3.8) is 0 Å². The molecule has 9 aromatic rings. The molecule has 1 fully saturated rings. The van der Waals surface area contributed by atoms with Crippen molar-refractivity contribution in [2.75, 3.05) is 4.90 Å². The summed E-state index contributed by atoms with van der Waals surface area (Å²) in [4.78, 5) is 2.55. The Morgan fingerprint density at radius 2 is 0.918 bits per heavy atom. The minimum Gasteiger partial charge on any atom is -0.309 e. The van der Waals surface area contributed by atoms with E-state index in [0.29, 0.717) is 0 Å². The standard InChI is InChI=1S/C60H47N/c1-59(2)54-27-12-10-24-50(54)53-26-16-25-52(57(53)59)48-22-9-8-20-45(48)42-29-32-43(33-30-42)61(58-46-21-7-6-19-41(46)31-35-47(58)40-17-4-3-5-18-40)44-34-36-51-49-23-11-13-28-55(49)60(56(51)39-44)37-14-15-38-60/h3-13,16-36,39H,14-15,37-38H2,1-2H3. The molecular formula is C60H47N. The molecule has 0 radical (unpaired) electrons. The molecule has 0 unspecified atom stereocenters. The molecule has 0 amide bonds. The molecule has 3 aliphatic carbocycles. The van der Waals surface area contributed by atoms with Gasteiger partial charge in [0.05, 0.1) is 5.69 Å². The summed E-state index contributed by atoms with van der Waals surface area (Å²) >= 11 is 0. The predicted molar refractivity (Wildman–Crippen MR) is 257 cm³/mol.